The average molecular weight is 290 g/mol. The molecule has 0 aromatic heterocycles. The monoisotopic (exact) mass is 290 g/mol. The van der Waals surface area contributed by atoms with E-state index in [-0.39, 0.29) is 0 Å². The Morgan fingerprint density at radius 2 is 1.10 bits per heavy atom. The van der Waals surface area contributed by atoms with Gasteiger partial charge in [0.1, 0.15) is 5.60 Å². The zero-order valence-electron chi connectivity index (χ0n) is 11.5. The number of rotatable bonds is 7. The van der Waals surface area contributed by atoms with E-state index in [0.29, 0.717) is 0 Å². The molecule has 20 heavy (non-hydrogen) atoms. The van der Waals surface area contributed by atoms with E-state index in [1.165, 1.54) is 20.8 Å². The fraction of sp³-hybridized carbons (Fsp3) is 0.667. The normalized spacial score (nSPS) is 11.8. The molecule has 0 aliphatic carbocycles. The summed E-state index contributed by atoms with van der Waals surface area (Å²) in [6.07, 6.45) is -2.79. The molecule has 0 aromatic rings. The second kappa shape index (κ2) is 6.36. The number of hydrogen-bond acceptors (Lipinski definition) is 5. The van der Waals surface area contributed by atoms with Gasteiger partial charge in [0.25, 0.3) is 0 Å². The minimum absolute atomic E-state index is 0.930. The van der Waals surface area contributed by atoms with Crippen LogP contribution in [0.5, 0.6) is 0 Å². The lowest BCUT2D eigenvalue weighted by Crippen LogP contribution is -2.42. The van der Waals surface area contributed by atoms with Crippen LogP contribution in [-0.2, 0) is 23.9 Å². The van der Waals surface area contributed by atoms with Crippen molar-refractivity contribution in [2.45, 2.75) is 45.6 Å². The molecule has 0 aliphatic heterocycles. The lowest BCUT2D eigenvalue weighted by molar-refractivity contribution is -0.177. The maximum atomic E-state index is 12.1. The highest BCUT2D eigenvalue weighted by molar-refractivity contribution is 5.90. The zero-order chi connectivity index (χ0) is 16.1. The first kappa shape index (κ1) is 17.9. The number of carboxylic acids is 3. The maximum absolute atomic E-state index is 12.1. The van der Waals surface area contributed by atoms with Gasteiger partial charge in [-0.15, -0.1) is 0 Å². The number of aliphatic carboxylic acids is 3. The number of carbonyl (C=O) groups excluding carboxylic acids is 1. The molecule has 0 aliphatic rings. The Morgan fingerprint density at radius 1 is 0.800 bits per heavy atom. The summed E-state index contributed by atoms with van der Waals surface area (Å²) in [5.41, 5.74) is -3.12. The van der Waals surface area contributed by atoms with Gasteiger partial charge in [0, 0.05) is 0 Å². The van der Waals surface area contributed by atoms with Gasteiger partial charge in [-0.3, -0.25) is 19.2 Å². The molecule has 0 aromatic carbocycles. The Kier molecular flexibility index (Phi) is 5.68. The highest BCUT2D eigenvalue weighted by Crippen LogP contribution is 2.34. The molecule has 0 unspecified atom stereocenters. The smallest absolute Gasteiger partial charge is 0.314 e. The molecular weight excluding hydrogens is 272 g/mol. The van der Waals surface area contributed by atoms with Gasteiger partial charge < -0.3 is 20.1 Å². The van der Waals surface area contributed by atoms with Gasteiger partial charge in [0.15, 0.2) is 0 Å². The molecule has 0 heterocycles. The summed E-state index contributed by atoms with van der Waals surface area (Å²) < 4.78 is 4.98. The van der Waals surface area contributed by atoms with Crippen LogP contribution in [0, 0.1) is 5.41 Å². The lowest BCUT2D eigenvalue weighted by atomic mass is 9.77. The standard InChI is InChI=1S/C12H18O8/c1-11(2,3)20-10(19)12(4-7(13)14,5-8(15)16)6-9(17)18/h4-6H2,1-3H3,(H,13,14)(H,15,16)(H,17,18). The highest BCUT2D eigenvalue weighted by Gasteiger charge is 2.47. The van der Waals surface area contributed by atoms with Crippen molar-refractivity contribution in [1.29, 1.82) is 0 Å². The summed E-state index contributed by atoms with van der Waals surface area (Å²) in [5, 5.41) is 26.5. The predicted octanol–water partition coefficient (Wildman–Crippen LogP) is 0.739. The van der Waals surface area contributed by atoms with Crippen LogP contribution in [0.3, 0.4) is 0 Å². The molecule has 0 rings (SSSR count). The van der Waals surface area contributed by atoms with Crippen LogP contribution in [0.1, 0.15) is 40.0 Å². The third-order valence-electron chi connectivity index (χ3n) is 2.30. The Morgan fingerprint density at radius 3 is 1.30 bits per heavy atom. The van der Waals surface area contributed by atoms with E-state index < -0.39 is 54.2 Å². The second-order valence-electron chi connectivity index (χ2n) is 5.49. The van der Waals surface area contributed by atoms with E-state index in [2.05, 4.69) is 0 Å². The molecule has 0 bridgehead atoms. The molecule has 3 N–H and O–H groups in total. The summed E-state index contributed by atoms with van der Waals surface area (Å²) >= 11 is 0. The van der Waals surface area contributed by atoms with Crippen LogP contribution >= 0.6 is 0 Å². The molecule has 8 nitrogen and oxygen atoms in total. The summed E-state index contributed by atoms with van der Waals surface area (Å²) in [6.45, 7) is 4.54. The van der Waals surface area contributed by atoms with Crippen molar-refractivity contribution in [1.82, 2.24) is 0 Å². The van der Waals surface area contributed by atoms with E-state index in [1.54, 1.807) is 0 Å². The van der Waals surface area contributed by atoms with Crippen LogP contribution in [0.15, 0.2) is 0 Å². The van der Waals surface area contributed by atoms with Crippen LogP contribution in [-0.4, -0.2) is 44.8 Å². The van der Waals surface area contributed by atoms with Crippen molar-refractivity contribution in [3.63, 3.8) is 0 Å². The van der Waals surface area contributed by atoms with Crippen molar-refractivity contribution >= 4 is 23.9 Å². The minimum Gasteiger partial charge on any atom is -0.481 e. The predicted molar refractivity (Wildman–Crippen MR) is 65.0 cm³/mol. The van der Waals surface area contributed by atoms with Crippen molar-refractivity contribution in [3.05, 3.63) is 0 Å². The first-order chi connectivity index (χ1) is 8.88. The first-order valence-corrected chi connectivity index (χ1v) is 5.77. The molecule has 8 heteroatoms. The Hall–Kier alpha value is -2.12. The first-order valence-electron chi connectivity index (χ1n) is 5.77. The third-order valence-corrected chi connectivity index (χ3v) is 2.30. The van der Waals surface area contributed by atoms with E-state index in [9.17, 15) is 19.2 Å². The quantitative estimate of drug-likeness (QED) is 0.583. The van der Waals surface area contributed by atoms with Gasteiger partial charge in [0.2, 0.25) is 0 Å². The van der Waals surface area contributed by atoms with E-state index in [4.69, 9.17) is 20.1 Å². The van der Waals surface area contributed by atoms with Crippen molar-refractivity contribution in [3.8, 4) is 0 Å². The van der Waals surface area contributed by atoms with Gasteiger partial charge in [-0.25, -0.2) is 0 Å². The van der Waals surface area contributed by atoms with Crippen LogP contribution in [0.2, 0.25) is 0 Å². The topological polar surface area (TPSA) is 138 Å². The molecule has 0 amide bonds. The van der Waals surface area contributed by atoms with Gasteiger partial charge in [-0.1, -0.05) is 0 Å². The lowest BCUT2D eigenvalue weighted by Gasteiger charge is -2.31. The molecular formula is C12H18O8. The summed E-state index contributed by atoms with van der Waals surface area (Å²) in [7, 11) is 0. The van der Waals surface area contributed by atoms with Gasteiger partial charge in [0.05, 0.1) is 24.7 Å². The third kappa shape index (κ3) is 6.17. The minimum atomic E-state index is -2.13. The molecule has 0 fully saturated rings. The fourth-order valence-electron chi connectivity index (χ4n) is 1.66. The summed E-state index contributed by atoms with van der Waals surface area (Å²) in [4.78, 5) is 44.6. The fourth-order valence-corrected chi connectivity index (χ4v) is 1.66. The van der Waals surface area contributed by atoms with Gasteiger partial charge >= 0.3 is 23.9 Å². The Bertz CT molecular complexity index is 377. The van der Waals surface area contributed by atoms with E-state index in [1.807, 2.05) is 0 Å². The van der Waals surface area contributed by atoms with Crippen LogP contribution < -0.4 is 0 Å². The average Bonchev–Trinajstić information content (AvgIpc) is 2.10. The molecule has 0 atom stereocenters. The van der Waals surface area contributed by atoms with Gasteiger partial charge in [-0.05, 0) is 20.8 Å². The number of ether oxygens (including phenoxy) is 1. The van der Waals surface area contributed by atoms with E-state index >= 15 is 0 Å². The zero-order valence-corrected chi connectivity index (χ0v) is 11.5. The largest absolute Gasteiger partial charge is 0.481 e. The number of carboxylic acid groups (broad SMARTS) is 3. The summed E-state index contributed by atoms with van der Waals surface area (Å²) in [5.74, 6) is -5.56. The van der Waals surface area contributed by atoms with Crippen molar-refractivity contribution in [2.75, 3.05) is 0 Å². The Labute approximate surface area is 115 Å². The number of esters is 1. The molecule has 0 saturated carbocycles. The van der Waals surface area contributed by atoms with Crippen molar-refractivity contribution in [2.24, 2.45) is 5.41 Å². The van der Waals surface area contributed by atoms with Gasteiger partial charge in [-0.2, -0.15) is 0 Å². The van der Waals surface area contributed by atoms with Crippen LogP contribution in [0.25, 0.3) is 0 Å². The molecule has 0 radical (unpaired) electrons. The second-order valence-corrected chi connectivity index (χ2v) is 5.49. The number of carbonyl (C=O) groups is 4. The SMILES string of the molecule is CC(C)(C)OC(=O)C(CC(=O)O)(CC(=O)O)CC(=O)O. The molecule has 0 spiro atoms. The maximum Gasteiger partial charge on any atom is 0.314 e. The highest BCUT2D eigenvalue weighted by atomic mass is 16.6. The van der Waals surface area contributed by atoms with Crippen LogP contribution in [0.4, 0.5) is 0 Å². The molecule has 0 saturated heterocycles. The Balaban J connectivity index is 5.56. The van der Waals surface area contributed by atoms with Crippen molar-refractivity contribution < 1.29 is 39.2 Å². The van der Waals surface area contributed by atoms with E-state index in [0.717, 1.165) is 0 Å². The molecule has 114 valence electrons. The number of hydrogen-bond donors (Lipinski definition) is 3. The summed E-state index contributed by atoms with van der Waals surface area (Å²) in [6, 6.07) is 0.